The molecule has 0 spiro atoms. The van der Waals surface area contributed by atoms with Crippen molar-refractivity contribution in [1.29, 1.82) is 0 Å². The van der Waals surface area contributed by atoms with Gasteiger partial charge in [-0.05, 0) is 24.3 Å². The highest BCUT2D eigenvalue weighted by atomic mass is 19.1. The Morgan fingerprint density at radius 3 is 1.61 bits per heavy atom. The highest BCUT2D eigenvalue weighted by Crippen LogP contribution is 2.29. The third kappa shape index (κ3) is 8.65. The number of benzene rings is 3. The van der Waals surface area contributed by atoms with E-state index in [2.05, 4.69) is 4.74 Å². The van der Waals surface area contributed by atoms with Gasteiger partial charge in [0.05, 0.1) is 31.2 Å². The van der Waals surface area contributed by atoms with Crippen LogP contribution in [0.15, 0.2) is 60.7 Å². The number of rotatable bonds is 5. The molecule has 12 heteroatoms. The van der Waals surface area contributed by atoms with Crippen molar-refractivity contribution in [2.75, 3.05) is 21.3 Å². The second-order valence-corrected chi connectivity index (χ2v) is 5.85. The van der Waals surface area contributed by atoms with Crippen molar-refractivity contribution in [2.24, 2.45) is 0 Å². The molecule has 0 unspecified atom stereocenters. The molecule has 0 atom stereocenters. The summed E-state index contributed by atoms with van der Waals surface area (Å²) in [5.41, 5.74) is -0.869. The fourth-order valence-corrected chi connectivity index (χ4v) is 2.14. The Morgan fingerprint density at radius 1 is 0.727 bits per heavy atom. The first-order valence-corrected chi connectivity index (χ1v) is 8.91. The maximum Gasteiger partial charge on any atom is 0.310 e. The van der Waals surface area contributed by atoms with E-state index < -0.39 is 21.4 Å². The van der Waals surface area contributed by atoms with Crippen LogP contribution >= 0.6 is 0 Å². The molecule has 3 aromatic rings. The first-order chi connectivity index (χ1) is 15.6. The van der Waals surface area contributed by atoms with E-state index in [0.29, 0.717) is 11.5 Å². The van der Waals surface area contributed by atoms with Gasteiger partial charge in [-0.3, -0.25) is 20.2 Å². The summed E-state index contributed by atoms with van der Waals surface area (Å²) >= 11 is 0. The summed E-state index contributed by atoms with van der Waals surface area (Å²) in [6.07, 6.45) is 0. The minimum atomic E-state index is -0.889. The van der Waals surface area contributed by atoms with Crippen LogP contribution < -0.4 is 14.2 Å². The SMILES string of the molecule is COc1ccc([N+](=O)[O-])c(F)c1.COc1ccc([N+](=O)[O-])c(O)c1.COc1cccc(F)c1. The quantitative estimate of drug-likeness (QED) is 0.415. The molecule has 3 rings (SSSR count). The number of nitrogens with zero attached hydrogens (tertiary/aromatic N) is 2. The van der Waals surface area contributed by atoms with Gasteiger partial charge in [0.25, 0.3) is 0 Å². The van der Waals surface area contributed by atoms with Gasteiger partial charge in [-0.15, -0.1) is 0 Å². The van der Waals surface area contributed by atoms with Gasteiger partial charge in [-0.2, -0.15) is 4.39 Å². The van der Waals surface area contributed by atoms with Crippen LogP contribution in [-0.2, 0) is 0 Å². The number of phenols is 1. The molecule has 0 bridgehead atoms. The minimum absolute atomic E-state index is 0.262. The Hall–Kier alpha value is -4.48. The maximum absolute atomic E-state index is 12.8. The highest BCUT2D eigenvalue weighted by Gasteiger charge is 2.14. The molecule has 0 aliphatic rings. The van der Waals surface area contributed by atoms with E-state index in [-0.39, 0.29) is 23.0 Å². The van der Waals surface area contributed by atoms with Crippen molar-refractivity contribution < 1.29 is 37.9 Å². The molecule has 176 valence electrons. The lowest BCUT2D eigenvalue weighted by atomic mass is 10.3. The molecule has 0 aromatic heterocycles. The van der Waals surface area contributed by atoms with Crippen LogP contribution in [0.5, 0.6) is 23.0 Å². The van der Waals surface area contributed by atoms with Gasteiger partial charge in [0.2, 0.25) is 5.82 Å². The molecule has 0 heterocycles. The fraction of sp³-hybridized carbons (Fsp3) is 0.143. The molecular formula is C21H20F2N2O8. The van der Waals surface area contributed by atoms with Gasteiger partial charge in [-0.25, -0.2) is 4.39 Å². The molecule has 10 nitrogen and oxygen atoms in total. The second-order valence-electron chi connectivity index (χ2n) is 5.85. The Balaban J connectivity index is 0.000000250. The Bertz CT molecular complexity index is 1030. The van der Waals surface area contributed by atoms with Gasteiger partial charge in [0, 0.05) is 30.3 Å². The van der Waals surface area contributed by atoms with Gasteiger partial charge < -0.3 is 19.3 Å². The minimum Gasteiger partial charge on any atom is -0.502 e. The van der Waals surface area contributed by atoms with Crippen LogP contribution in [0.2, 0.25) is 0 Å². The third-order valence-corrected chi connectivity index (χ3v) is 3.76. The number of hydrogen-bond donors (Lipinski definition) is 1. The number of nitro benzene ring substituents is 2. The van der Waals surface area contributed by atoms with Crippen LogP contribution in [0.4, 0.5) is 20.2 Å². The van der Waals surface area contributed by atoms with E-state index >= 15 is 0 Å². The van der Waals surface area contributed by atoms with Crippen LogP contribution in [0.25, 0.3) is 0 Å². The number of methoxy groups -OCH3 is 3. The average molecular weight is 466 g/mol. The van der Waals surface area contributed by atoms with Gasteiger partial charge in [0.15, 0.2) is 5.75 Å². The van der Waals surface area contributed by atoms with Crippen LogP contribution in [-0.4, -0.2) is 36.3 Å². The first-order valence-electron chi connectivity index (χ1n) is 8.91. The molecule has 1 N–H and O–H groups in total. The van der Waals surface area contributed by atoms with E-state index in [1.807, 2.05) is 0 Å². The van der Waals surface area contributed by atoms with Crippen molar-refractivity contribution in [3.05, 3.63) is 92.5 Å². The summed E-state index contributed by atoms with van der Waals surface area (Å²) in [6, 6.07) is 13.2. The topological polar surface area (TPSA) is 134 Å². The molecule has 0 saturated heterocycles. The number of ether oxygens (including phenoxy) is 3. The third-order valence-electron chi connectivity index (χ3n) is 3.76. The van der Waals surface area contributed by atoms with Crippen molar-refractivity contribution in [2.45, 2.75) is 0 Å². The molecule has 33 heavy (non-hydrogen) atoms. The fourth-order valence-electron chi connectivity index (χ4n) is 2.14. The molecule has 3 aromatic carbocycles. The zero-order valence-electron chi connectivity index (χ0n) is 17.7. The Labute approximate surface area is 186 Å². The van der Waals surface area contributed by atoms with E-state index in [4.69, 9.17) is 14.6 Å². The van der Waals surface area contributed by atoms with Gasteiger partial charge in [-0.1, -0.05) is 6.07 Å². The molecule has 0 radical (unpaired) electrons. The zero-order valence-corrected chi connectivity index (χ0v) is 17.7. The number of phenolic OH excluding ortho intramolecular Hbond substituents is 1. The molecule has 0 aliphatic heterocycles. The van der Waals surface area contributed by atoms with Gasteiger partial charge in [0.1, 0.15) is 23.1 Å². The van der Waals surface area contributed by atoms with Crippen molar-refractivity contribution in [1.82, 2.24) is 0 Å². The summed E-state index contributed by atoms with van der Waals surface area (Å²) in [6.45, 7) is 0. The first kappa shape index (κ1) is 26.6. The van der Waals surface area contributed by atoms with E-state index in [1.54, 1.807) is 12.1 Å². The average Bonchev–Trinajstić information content (AvgIpc) is 2.79. The van der Waals surface area contributed by atoms with Crippen LogP contribution in [0.3, 0.4) is 0 Å². The lowest BCUT2D eigenvalue weighted by molar-refractivity contribution is -0.387. The molecule has 0 fully saturated rings. The Morgan fingerprint density at radius 2 is 1.21 bits per heavy atom. The molecular weight excluding hydrogens is 446 g/mol. The number of aromatic hydroxyl groups is 1. The van der Waals surface area contributed by atoms with Crippen molar-refractivity contribution in [3.63, 3.8) is 0 Å². The molecule has 0 aliphatic carbocycles. The Kier molecular flexibility index (Phi) is 10.5. The standard InChI is InChI=1S/C7H6FNO3.C7H7FO.C7H7NO4/c1-12-5-2-3-7(9(10)11)6(8)4-5;1-9-7-4-2-3-6(8)5-7;1-12-5-2-3-6(8(10)11)7(9)4-5/h2-4H,1H3;2-5H,1H3;2-4,9H,1H3. The number of nitro groups is 2. The molecule has 0 amide bonds. The van der Waals surface area contributed by atoms with Crippen LogP contribution in [0.1, 0.15) is 0 Å². The van der Waals surface area contributed by atoms with Gasteiger partial charge >= 0.3 is 11.4 Å². The summed E-state index contributed by atoms with van der Waals surface area (Å²) in [5, 5.41) is 29.4. The predicted molar refractivity (Wildman–Crippen MR) is 114 cm³/mol. The zero-order chi connectivity index (χ0) is 25.0. The van der Waals surface area contributed by atoms with E-state index in [0.717, 1.165) is 12.1 Å². The predicted octanol–water partition coefficient (Wildman–Crippen LogP) is 4.89. The maximum atomic E-state index is 12.8. The lowest BCUT2D eigenvalue weighted by Gasteiger charge is -1.99. The highest BCUT2D eigenvalue weighted by molar-refractivity contribution is 5.49. The summed E-state index contributed by atoms with van der Waals surface area (Å²) in [7, 11) is 4.29. The lowest BCUT2D eigenvalue weighted by Crippen LogP contribution is -1.92. The van der Waals surface area contributed by atoms with Crippen molar-refractivity contribution in [3.8, 4) is 23.0 Å². The van der Waals surface area contributed by atoms with Crippen LogP contribution in [0, 0.1) is 31.9 Å². The largest absolute Gasteiger partial charge is 0.502 e. The summed E-state index contributed by atoms with van der Waals surface area (Å²) < 4.78 is 39.2. The van der Waals surface area contributed by atoms with E-state index in [1.165, 1.54) is 57.7 Å². The number of hydrogen-bond acceptors (Lipinski definition) is 8. The summed E-state index contributed by atoms with van der Waals surface area (Å²) in [5.74, 6) is -0.348. The normalized spacial score (nSPS) is 9.36. The molecule has 0 saturated carbocycles. The smallest absolute Gasteiger partial charge is 0.310 e. The van der Waals surface area contributed by atoms with Crippen molar-refractivity contribution >= 4 is 11.4 Å². The second kappa shape index (κ2) is 13.0. The van der Waals surface area contributed by atoms with E-state index in [9.17, 15) is 29.0 Å². The summed E-state index contributed by atoms with van der Waals surface area (Å²) in [4.78, 5) is 18.9. The number of halogens is 2. The monoisotopic (exact) mass is 466 g/mol.